The van der Waals surface area contributed by atoms with Crippen molar-refractivity contribution in [3.63, 3.8) is 0 Å². The molecule has 0 saturated heterocycles. The topological polar surface area (TPSA) is 98.5 Å². The number of hydrogen-bond acceptors (Lipinski definition) is 5. The van der Waals surface area contributed by atoms with Crippen LogP contribution in [0.2, 0.25) is 0 Å². The third kappa shape index (κ3) is 5.10. The fourth-order valence-electron chi connectivity index (χ4n) is 2.44. The predicted octanol–water partition coefficient (Wildman–Crippen LogP) is 1.41. The van der Waals surface area contributed by atoms with Gasteiger partial charge >= 0.3 is 0 Å². The standard InChI is InChI=1S/C18H21FN2O4S/c1-25-11-16(20)18(22)21-17(12-6-8-14(19)9-7-12)13-4-3-5-15(10-13)26(2,23)24/h3-10,16-17H,11,20H2,1-2H3,(H,21,22). The summed E-state index contributed by atoms with van der Waals surface area (Å²) in [7, 11) is -1.99. The van der Waals surface area contributed by atoms with Crippen LogP contribution in [0, 0.1) is 5.82 Å². The van der Waals surface area contributed by atoms with Crippen molar-refractivity contribution in [1.82, 2.24) is 5.32 Å². The number of nitrogens with one attached hydrogen (secondary N) is 1. The van der Waals surface area contributed by atoms with Crippen molar-refractivity contribution in [2.24, 2.45) is 5.73 Å². The van der Waals surface area contributed by atoms with E-state index in [4.69, 9.17) is 10.5 Å². The number of carbonyl (C=O) groups is 1. The molecule has 140 valence electrons. The second-order valence-electron chi connectivity index (χ2n) is 5.90. The van der Waals surface area contributed by atoms with Gasteiger partial charge in [0.1, 0.15) is 11.9 Å². The highest BCUT2D eigenvalue weighted by Crippen LogP contribution is 2.25. The van der Waals surface area contributed by atoms with E-state index in [1.54, 1.807) is 12.1 Å². The molecule has 0 aliphatic rings. The largest absolute Gasteiger partial charge is 0.383 e. The first-order chi connectivity index (χ1) is 12.2. The summed E-state index contributed by atoms with van der Waals surface area (Å²) in [6, 6.07) is 10.2. The molecule has 2 aromatic carbocycles. The van der Waals surface area contributed by atoms with Crippen LogP contribution >= 0.6 is 0 Å². The van der Waals surface area contributed by atoms with Gasteiger partial charge in [0.05, 0.1) is 17.5 Å². The summed E-state index contributed by atoms with van der Waals surface area (Å²) in [5.41, 5.74) is 6.89. The number of methoxy groups -OCH3 is 1. The molecule has 2 unspecified atom stereocenters. The molecule has 0 heterocycles. The van der Waals surface area contributed by atoms with E-state index >= 15 is 0 Å². The molecule has 2 aromatic rings. The second-order valence-corrected chi connectivity index (χ2v) is 7.92. The lowest BCUT2D eigenvalue weighted by molar-refractivity contribution is -0.123. The summed E-state index contributed by atoms with van der Waals surface area (Å²) < 4.78 is 41.8. The van der Waals surface area contributed by atoms with Crippen LogP contribution in [0.15, 0.2) is 53.4 Å². The normalized spacial score (nSPS) is 13.8. The Hall–Kier alpha value is -2.29. The van der Waals surface area contributed by atoms with E-state index in [-0.39, 0.29) is 11.5 Å². The molecule has 26 heavy (non-hydrogen) atoms. The van der Waals surface area contributed by atoms with Gasteiger partial charge in [0.15, 0.2) is 9.84 Å². The van der Waals surface area contributed by atoms with Gasteiger partial charge in [0, 0.05) is 13.4 Å². The van der Waals surface area contributed by atoms with E-state index in [9.17, 15) is 17.6 Å². The first kappa shape index (κ1) is 20.0. The molecule has 2 rings (SSSR count). The monoisotopic (exact) mass is 380 g/mol. The van der Waals surface area contributed by atoms with Crippen LogP contribution in [0.3, 0.4) is 0 Å². The van der Waals surface area contributed by atoms with Gasteiger partial charge in [-0.15, -0.1) is 0 Å². The van der Waals surface area contributed by atoms with Gasteiger partial charge in [-0.2, -0.15) is 0 Å². The predicted molar refractivity (Wildman–Crippen MR) is 95.8 cm³/mol. The van der Waals surface area contributed by atoms with Gasteiger partial charge in [-0.3, -0.25) is 4.79 Å². The van der Waals surface area contributed by atoms with Gasteiger partial charge in [-0.1, -0.05) is 24.3 Å². The summed E-state index contributed by atoms with van der Waals surface area (Å²) in [6.07, 6.45) is 1.10. The highest BCUT2D eigenvalue weighted by Gasteiger charge is 2.22. The minimum absolute atomic E-state index is 0.0331. The molecule has 8 heteroatoms. The summed E-state index contributed by atoms with van der Waals surface area (Å²) in [5.74, 6) is -0.884. The zero-order valence-corrected chi connectivity index (χ0v) is 15.3. The maximum atomic E-state index is 13.3. The minimum Gasteiger partial charge on any atom is -0.383 e. The molecule has 0 saturated carbocycles. The van der Waals surface area contributed by atoms with Crippen molar-refractivity contribution >= 4 is 15.7 Å². The van der Waals surface area contributed by atoms with Crippen molar-refractivity contribution in [1.29, 1.82) is 0 Å². The van der Waals surface area contributed by atoms with Crippen LogP contribution in [-0.4, -0.2) is 40.3 Å². The first-order valence-corrected chi connectivity index (χ1v) is 9.72. The molecule has 6 nitrogen and oxygen atoms in total. The summed E-state index contributed by atoms with van der Waals surface area (Å²) in [4.78, 5) is 12.5. The third-order valence-electron chi connectivity index (χ3n) is 3.79. The second kappa shape index (κ2) is 8.39. The highest BCUT2D eigenvalue weighted by molar-refractivity contribution is 7.90. The van der Waals surface area contributed by atoms with Crippen LogP contribution in [0.25, 0.3) is 0 Å². The lowest BCUT2D eigenvalue weighted by atomic mass is 9.98. The third-order valence-corrected chi connectivity index (χ3v) is 4.90. The van der Waals surface area contributed by atoms with E-state index in [0.717, 1.165) is 6.26 Å². The molecule has 2 atom stereocenters. The Kier molecular flexibility index (Phi) is 6.47. The summed E-state index contributed by atoms with van der Waals surface area (Å²) in [5, 5.41) is 2.77. The Balaban J connectivity index is 2.44. The maximum absolute atomic E-state index is 13.3. The fraction of sp³-hybridized carbons (Fsp3) is 0.278. The smallest absolute Gasteiger partial charge is 0.240 e. The zero-order valence-electron chi connectivity index (χ0n) is 14.5. The molecule has 0 spiro atoms. The van der Waals surface area contributed by atoms with E-state index < -0.39 is 33.6 Å². The molecule has 0 fully saturated rings. The molecule has 0 aromatic heterocycles. The number of hydrogen-bond donors (Lipinski definition) is 2. The molecule has 3 N–H and O–H groups in total. The Morgan fingerprint density at radius 1 is 1.19 bits per heavy atom. The quantitative estimate of drug-likeness (QED) is 0.757. The van der Waals surface area contributed by atoms with E-state index in [1.165, 1.54) is 43.5 Å². The number of ether oxygens (including phenoxy) is 1. The summed E-state index contributed by atoms with van der Waals surface area (Å²) >= 11 is 0. The zero-order chi connectivity index (χ0) is 19.3. The van der Waals surface area contributed by atoms with Crippen LogP contribution < -0.4 is 11.1 Å². The molecule has 0 radical (unpaired) electrons. The van der Waals surface area contributed by atoms with Crippen molar-refractivity contribution in [3.8, 4) is 0 Å². The minimum atomic E-state index is -3.42. The van der Waals surface area contributed by atoms with Crippen molar-refractivity contribution in [2.75, 3.05) is 20.0 Å². The van der Waals surface area contributed by atoms with Crippen LogP contribution in [0.4, 0.5) is 4.39 Å². The number of halogens is 1. The van der Waals surface area contributed by atoms with Crippen LogP contribution in [-0.2, 0) is 19.4 Å². The maximum Gasteiger partial charge on any atom is 0.240 e. The van der Waals surface area contributed by atoms with Gasteiger partial charge in [-0.05, 0) is 35.4 Å². The SMILES string of the molecule is COCC(N)C(=O)NC(c1ccc(F)cc1)c1cccc(S(C)(=O)=O)c1. The number of benzene rings is 2. The van der Waals surface area contributed by atoms with E-state index in [1.807, 2.05) is 0 Å². The molecule has 0 aliphatic heterocycles. The average Bonchev–Trinajstić information content (AvgIpc) is 2.60. The van der Waals surface area contributed by atoms with E-state index in [2.05, 4.69) is 5.32 Å². The average molecular weight is 380 g/mol. The molecular formula is C18H21FN2O4S. The first-order valence-electron chi connectivity index (χ1n) is 7.82. The van der Waals surface area contributed by atoms with E-state index in [0.29, 0.717) is 11.1 Å². The Morgan fingerprint density at radius 3 is 2.42 bits per heavy atom. The van der Waals surface area contributed by atoms with Crippen molar-refractivity contribution in [2.45, 2.75) is 17.0 Å². The number of rotatable bonds is 7. The van der Waals surface area contributed by atoms with Crippen molar-refractivity contribution < 1.29 is 22.3 Å². The lowest BCUT2D eigenvalue weighted by Crippen LogP contribution is -2.45. The highest BCUT2D eigenvalue weighted by atomic mass is 32.2. The molecule has 0 aliphatic carbocycles. The van der Waals surface area contributed by atoms with Crippen LogP contribution in [0.5, 0.6) is 0 Å². The molecule has 1 amide bonds. The number of carbonyl (C=O) groups excluding carboxylic acids is 1. The Morgan fingerprint density at radius 2 is 1.85 bits per heavy atom. The number of nitrogens with two attached hydrogens (primary N) is 1. The van der Waals surface area contributed by atoms with Crippen LogP contribution in [0.1, 0.15) is 17.2 Å². The summed E-state index contributed by atoms with van der Waals surface area (Å²) in [6.45, 7) is 0.0331. The number of amides is 1. The lowest BCUT2D eigenvalue weighted by Gasteiger charge is -2.22. The Labute approximate surface area is 152 Å². The fourth-order valence-corrected chi connectivity index (χ4v) is 3.12. The van der Waals surface area contributed by atoms with Gasteiger partial charge in [0.25, 0.3) is 0 Å². The molecule has 0 bridgehead atoms. The van der Waals surface area contributed by atoms with Gasteiger partial charge in [-0.25, -0.2) is 12.8 Å². The van der Waals surface area contributed by atoms with Gasteiger partial charge in [0.2, 0.25) is 5.91 Å². The Bertz CT molecular complexity index is 869. The van der Waals surface area contributed by atoms with Crippen molar-refractivity contribution in [3.05, 3.63) is 65.5 Å². The van der Waals surface area contributed by atoms with Gasteiger partial charge < -0.3 is 15.8 Å². The molecular weight excluding hydrogens is 359 g/mol. The number of sulfone groups is 1.